The summed E-state index contributed by atoms with van der Waals surface area (Å²) in [5.41, 5.74) is 1.96. The van der Waals surface area contributed by atoms with Crippen molar-refractivity contribution in [3.05, 3.63) is 35.9 Å². The van der Waals surface area contributed by atoms with E-state index in [-0.39, 0.29) is 12.1 Å². The number of ether oxygens (including phenoxy) is 1. The average Bonchev–Trinajstić information content (AvgIpc) is 2.99. The lowest BCUT2D eigenvalue weighted by Crippen LogP contribution is -2.32. The molecule has 2 heterocycles. The van der Waals surface area contributed by atoms with Crippen LogP contribution >= 0.6 is 0 Å². The second kappa shape index (κ2) is 6.19. The van der Waals surface area contributed by atoms with Crippen LogP contribution < -0.4 is 0 Å². The molecule has 1 N–H and O–H groups in total. The van der Waals surface area contributed by atoms with E-state index in [1.54, 1.807) is 10.9 Å². The van der Waals surface area contributed by atoms with Gasteiger partial charge in [0.1, 0.15) is 0 Å². The largest absolute Gasteiger partial charge is 0.394 e. The summed E-state index contributed by atoms with van der Waals surface area (Å²) in [6, 6.07) is 0. The molecule has 110 valence electrons. The quantitative estimate of drug-likeness (QED) is 0.830. The van der Waals surface area contributed by atoms with Crippen molar-refractivity contribution in [2.45, 2.75) is 39.5 Å². The van der Waals surface area contributed by atoms with Gasteiger partial charge in [0.2, 0.25) is 0 Å². The molecule has 0 aliphatic carbocycles. The Morgan fingerprint density at radius 2 is 2.05 bits per heavy atom. The average molecular weight is 278 g/mol. The second-order valence-corrected chi connectivity index (χ2v) is 5.60. The summed E-state index contributed by atoms with van der Waals surface area (Å²) in [6.45, 7) is 7.89. The Labute approximate surface area is 119 Å². The van der Waals surface area contributed by atoms with E-state index >= 15 is 0 Å². The van der Waals surface area contributed by atoms with Gasteiger partial charge in [-0.2, -0.15) is 10.2 Å². The molecule has 0 aliphatic rings. The minimum absolute atomic E-state index is 0.0909. The van der Waals surface area contributed by atoms with Crippen LogP contribution in [0.25, 0.3) is 0 Å². The standard InChI is InChI=1S/C14H22N4O2/c1-12-6-16-18(8-12)14(2,3)11-20-10-13-7-15-17(9-13)4-5-19/h6-9,19H,4-5,10-11H2,1-3H3. The Balaban J connectivity index is 1.85. The van der Waals surface area contributed by atoms with Gasteiger partial charge in [-0.3, -0.25) is 9.36 Å². The highest BCUT2D eigenvalue weighted by molar-refractivity contribution is 5.03. The lowest BCUT2D eigenvalue weighted by molar-refractivity contribution is 0.0506. The SMILES string of the molecule is Cc1cnn(C(C)(C)COCc2cnn(CCO)c2)c1. The number of aliphatic hydroxyl groups excluding tert-OH is 1. The fraction of sp³-hybridized carbons (Fsp3) is 0.571. The lowest BCUT2D eigenvalue weighted by Gasteiger charge is -2.25. The molecule has 0 radical (unpaired) electrons. The van der Waals surface area contributed by atoms with Crippen LogP contribution in [0, 0.1) is 6.92 Å². The van der Waals surface area contributed by atoms with Crippen molar-refractivity contribution in [2.75, 3.05) is 13.2 Å². The third kappa shape index (κ3) is 3.68. The highest BCUT2D eigenvalue weighted by Crippen LogP contribution is 2.16. The molecule has 0 saturated heterocycles. The van der Waals surface area contributed by atoms with Crippen molar-refractivity contribution in [2.24, 2.45) is 0 Å². The molecule has 0 saturated carbocycles. The van der Waals surface area contributed by atoms with E-state index in [1.807, 2.05) is 30.2 Å². The van der Waals surface area contributed by atoms with Gasteiger partial charge in [0, 0.05) is 18.0 Å². The molecule has 0 fully saturated rings. The van der Waals surface area contributed by atoms with E-state index in [0.29, 0.717) is 19.8 Å². The minimum Gasteiger partial charge on any atom is -0.394 e. The molecule has 0 aliphatic heterocycles. The highest BCUT2D eigenvalue weighted by atomic mass is 16.5. The fourth-order valence-electron chi connectivity index (χ4n) is 1.93. The maximum absolute atomic E-state index is 8.84. The van der Waals surface area contributed by atoms with Crippen LogP contribution in [-0.2, 0) is 23.4 Å². The third-order valence-corrected chi connectivity index (χ3v) is 3.07. The predicted molar refractivity (Wildman–Crippen MR) is 75.3 cm³/mol. The Kier molecular flexibility index (Phi) is 4.57. The fourth-order valence-corrected chi connectivity index (χ4v) is 1.93. The first-order chi connectivity index (χ1) is 9.51. The molecule has 0 spiro atoms. The minimum atomic E-state index is -0.185. The molecule has 0 aromatic carbocycles. The number of hydrogen-bond donors (Lipinski definition) is 1. The Morgan fingerprint density at radius 3 is 2.70 bits per heavy atom. The summed E-state index contributed by atoms with van der Waals surface area (Å²) < 4.78 is 9.40. The van der Waals surface area contributed by atoms with Crippen LogP contribution in [-0.4, -0.2) is 37.9 Å². The highest BCUT2D eigenvalue weighted by Gasteiger charge is 2.21. The van der Waals surface area contributed by atoms with Crippen LogP contribution in [0.15, 0.2) is 24.8 Å². The van der Waals surface area contributed by atoms with Gasteiger partial charge >= 0.3 is 0 Å². The first-order valence-corrected chi connectivity index (χ1v) is 6.73. The summed E-state index contributed by atoms with van der Waals surface area (Å²) in [5, 5.41) is 17.3. The predicted octanol–water partition coefficient (Wildman–Crippen LogP) is 1.33. The molecule has 6 heteroatoms. The first kappa shape index (κ1) is 14.7. The van der Waals surface area contributed by atoms with Crippen molar-refractivity contribution in [3.8, 4) is 0 Å². The molecule has 0 amide bonds. The molecule has 20 heavy (non-hydrogen) atoms. The van der Waals surface area contributed by atoms with Gasteiger partial charge in [-0.15, -0.1) is 0 Å². The summed E-state index contributed by atoms with van der Waals surface area (Å²) in [7, 11) is 0. The maximum Gasteiger partial charge on any atom is 0.0804 e. The van der Waals surface area contributed by atoms with E-state index in [2.05, 4.69) is 24.0 Å². The molecule has 2 aromatic heterocycles. The molecule has 6 nitrogen and oxygen atoms in total. The molecule has 2 aromatic rings. The van der Waals surface area contributed by atoms with E-state index in [4.69, 9.17) is 9.84 Å². The van der Waals surface area contributed by atoms with Gasteiger partial charge < -0.3 is 9.84 Å². The molecular weight excluding hydrogens is 256 g/mol. The molecule has 0 bridgehead atoms. The third-order valence-electron chi connectivity index (χ3n) is 3.07. The zero-order valence-corrected chi connectivity index (χ0v) is 12.3. The number of nitrogens with zero attached hydrogens (tertiary/aromatic N) is 4. The van der Waals surface area contributed by atoms with Crippen molar-refractivity contribution < 1.29 is 9.84 Å². The van der Waals surface area contributed by atoms with E-state index in [0.717, 1.165) is 11.1 Å². The maximum atomic E-state index is 8.84. The topological polar surface area (TPSA) is 65.1 Å². The van der Waals surface area contributed by atoms with Crippen molar-refractivity contribution in [3.63, 3.8) is 0 Å². The van der Waals surface area contributed by atoms with Crippen molar-refractivity contribution in [1.82, 2.24) is 19.6 Å². The normalized spacial score (nSPS) is 12.0. The Morgan fingerprint density at radius 1 is 1.25 bits per heavy atom. The van der Waals surface area contributed by atoms with E-state index in [1.165, 1.54) is 0 Å². The van der Waals surface area contributed by atoms with E-state index in [9.17, 15) is 0 Å². The molecule has 2 rings (SSSR count). The van der Waals surface area contributed by atoms with Crippen LogP contribution in [0.3, 0.4) is 0 Å². The molecular formula is C14H22N4O2. The van der Waals surface area contributed by atoms with E-state index < -0.39 is 0 Å². The van der Waals surface area contributed by atoms with Gasteiger partial charge in [0.25, 0.3) is 0 Å². The number of rotatable bonds is 7. The first-order valence-electron chi connectivity index (χ1n) is 6.73. The van der Waals surface area contributed by atoms with Crippen LogP contribution in [0.1, 0.15) is 25.0 Å². The van der Waals surface area contributed by atoms with Gasteiger partial charge in [-0.1, -0.05) is 0 Å². The summed E-state index contributed by atoms with van der Waals surface area (Å²) in [4.78, 5) is 0. The summed E-state index contributed by atoms with van der Waals surface area (Å²) >= 11 is 0. The smallest absolute Gasteiger partial charge is 0.0804 e. The van der Waals surface area contributed by atoms with Crippen LogP contribution in [0.4, 0.5) is 0 Å². The zero-order chi connectivity index (χ0) is 14.6. The molecule has 0 unspecified atom stereocenters. The summed E-state index contributed by atoms with van der Waals surface area (Å²) in [6.07, 6.45) is 7.52. The molecule has 0 atom stereocenters. The number of aromatic nitrogens is 4. The van der Waals surface area contributed by atoms with Gasteiger partial charge in [0.15, 0.2) is 0 Å². The van der Waals surface area contributed by atoms with Crippen molar-refractivity contribution >= 4 is 0 Å². The van der Waals surface area contributed by atoms with Crippen molar-refractivity contribution in [1.29, 1.82) is 0 Å². The summed E-state index contributed by atoms with van der Waals surface area (Å²) in [5.74, 6) is 0. The van der Waals surface area contributed by atoms with Gasteiger partial charge in [-0.05, 0) is 26.3 Å². The monoisotopic (exact) mass is 278 g/mol. The van der Waals surface area contributed by atoms with Crippen LogP contribution in [0.5, 0.6) is 0 Å². The number of hydrogen-bond acceptors (Lipinski definition) is 4. The Bertz CT molecular complexity index is 545. The van der Waals surface area contributed by atoms with Gasteiger partial charge in [-0.25, -0.2) is 0 Å². The van der Waals surface area contributed by atoms with Gasteiger partial charge in [0.05, 0.1) is 44.3 Å². The lowest BCUT2D eigenvalue weighted by atomic mass is 10.1. The number of aliphatic hydroxyl groups is 1. The zero-order valence-electron chi connectivity index (χ0n) is 12.3. The Hall–Kier alpha value is -1.66. The number of aryl methyl sites for hydroxylation is 1. The van der Waals surface area contributed by atoms with Crippen LogP contribution in [0.2, 0.25) is 0 Å². The second-order valence-electron chi connectivity index (χ2n) is 5.60.